The second kappa shape index (κ2) is 6.02. The molecule has 1 aromatic carbocycles. The molecule has 1 aliphatic carbocycles. The number of nitrogens with one attached hydrogen (secondary N) is 2. The maximum Gasteiger partial charge on any atom is 0.243 e. The van der Waals surface area contributed by atoms with Gasteiger partial charge in [0.2, 0.25) is 10.0 Å². The van der Waals surface area contributed by atoms with Crippen LogP contribution in [0.25, 0.3) is 0 Å². The van der Waals surface area contributed by atoms with Crippen molar-refractivity contribution >= 4 is 10.0 Å². The van der Waals surface area contributed by atoms with E-state index >= 15 is 0 Å². The van der Waals surface area contributed by atoms with Crippen LogP contribution in [-0.4, -0.2) is 21.5 Å². The molecule has 0 heterocycles. The van der Waals surface area contributed by atoms with Gasteiger partial charge < -0.3 is 5.32 Å². The van der Waals surface area contributed by atoms with Crippen LogP contribution >= 0.6 is 0 Å². The van der Waals surface area contributed by atoms with Crippen LogP contribution in [0.4, 0.5) is 4.39 Å². The Labute approximate surface area is 126 Å². The molecule has 1 saturated carbocycles. The molecule has 1 unspecified atom stereocenters. The van der Waals surface area contributed by atoms with E-state index in [0.29, 0.717) is 6.54 Å². The molecule has 6 heteroatoms. The van der Waals surface area contributed by atoms with Crippen LogP contribution in [0, 0.1) is 11.2 Å². The molecular weight excluding hydrogens is 291 g/mol. The fourth-order valence-corrected chi connectivity index (χ4v) is 4.29. The van der Waals surface area contributed by atoms with Crippen molar-refractivity contribution in [2.75, 3.05) is 7.05 Å². The van der Waals surface area contributed by atoms with Crippen molar-refractivity contribution in [3.05, 3.63) is 29.6 Å². The molecule has 1 fully saturated rings. The Morgan fingerprint density at radius 3 is 2.67 bits per heavy atom. The molecule has 0 amide bonds. The summed E-state index contributed by atoms with van der Waals surface area (Å²) in [5.74, 6) is -0.709. The summed E-state index contributed by atoms with van der Waals surface area (Å²) in [6.45, 7) is 4.74. The van der Waals surface area contributed by atoms with Gasteiger partial charge in [-0.1, -0.05) is 19.9 Å². The Kier molecular flexibility index (Phi) is 4.70. The highest BCUT2D eigenvalue weighted by Gasteiger charge is 2.34. The van der Waals surface area contributed by atoms with E-state index in [2.05, 4.69) is 23.9 Å². The van der Waals surface area contributed by atoms with Crippen molar-refractivity contribution in [2.45, 2.75) is 50.6 Å². The molecule has 1 aliphatic rings. The van der Waals surface area contributed by atoms with E-state index < -0.39 is 15.8 Å². The summed E-state index contributed by atoms with van der Waals surface area (Å²) in [6.07, 6.45) is 2.55. The van der Waals surface area contributed by atoms with Gasteiger partial charge in [0, 0.05) is 12.6 Å². The minimum atomic E-state index is -3.82. The third kappa shape index (κ3) is 4.02. The van der Waals surface area contributed by atoms with Gasteiger partial charge in [0.1, 0.15) is 10.7 Å². The summed E-state index contributed by atoms with van der Waals surface area (Å²) >= 11 is 0. The van der Waals surface area contributed by atoms with E-state index in [9.17, 15) is 12.8 Å². The van der Waals surface area contributed by atoms with Gasteiger partial charge in [-0.2, -0.15) is 0 Å². The minimum absolute atomic E-state index is 0.114. The zero-order valence-corrected chi connectivity index (χ0v) is 13.6. The topological polar surface area (TPSA) is 58.2 Å². The van der Waals surface area contributed by atoms with Gasteiger partial charge in [-0.05, 0) is 49.4 Å². The number of hydrogen-bond acceptors (Lipinski definition) is 3. The lowest BCUT2D eigenvalue weighted by molar-refractivity contribution is 0.372. The zero-order valence-electron chi connectivity index (χ0n) is 12.7. The quantitative estimate of drug-likeness (QED) is 0.877. The lowest BCUT2D eigenvalue weighted by Gasteiger charge is -2.18. The van der Waals surface area contributed by atoms with E-state index in [-0.39, 0.29) is 16.4 Å². The van der Waals surface area contributed by atoms with Gasteiger partial charge in [-0.25, -0.2) is 17.5 Å². The number of hydrogen-bond donors (Lipinski definition) is 2. The third-order valence-corrected chi connectivity index (χ3v) is 5.49. The highest BCUT2D eigenvalue weighted by molar-refractivity contribution is 7.89. The third-order valence-electron chi connectivity index (χ3n) is 3.96. The lowest BCUT2D eigenvalue weighted by Crippen LogP contribution is -2.34. The average molecular weight is 314 g/mol. The maximum atomic E-state index is 13.9. The van der Waals surface area contributed by atoms with Crippen molar-refractivity contribution in [3.63, 3.8) is 0 Å². The molecule has 2 N–H and O–H groups in total. The SMILES string of the molecule is CNCc1ccc(F)c(S(=O)(=O)NC2CCC(C)(C)C2)c1. The number of rotatable bonds is 5. The second-order valence-electron chi connectivity index (χ2n) is 6.52. The molecule has 0 aliphatic heterocycles. The van der Waals surface area contributed by atoms with E-state index in [0.717, 1.165) is 24.8 Å². The van der Waals surface area contributed by atoms with Crippen LogP contribution < -0.4 is 10.0 Å². The summed E-state index contributed by atoms with van der Waals surface area (Å²) in [4.78, 5) is -0.264. The largest absolute Gasteiger partial charge is 0.316 e. The van der Waals surface area contributed by atoms with Gasteiger partial charge >= 0.3 is 0 Å². The molecule has 1 aromatic rings. The maximum absolute atomic E-state index is 13.9. The minimum Gasteiger partial charge on any atom is -0.316 e. The van der Waals surface area contributed by atoms with Crippen molar-refractivity contribution in [2.24, 2.45) is 5.41 Å². The van der Waals surface area contributed by atoms with Crippen molar-refractivity contribution in [3.8, 4) is 0 Å². The molecule has 2 rings (SSSR count). The molecule has 4 nitrogen and oxygen atoms in total. The van der Waals surface area contributed by atoms with Gasteiger partial charge in [0.25, 0.3) is 0 Å². The lowest BCUT2D eigenvalue weighted by atomic mass is 9.92. The number of halogens is 1. The van der Waals surface area contributed by atoms with Crippen LogP contribution in [0.1, 0.15) is 38.7 Å². The van der Waals surface area contributed by atoms with Crippen molar-refractivity contribution in [1.82, 2.24) is 10.0 Å². The summed E-state index contributed by atoms with van der Waals surface area (Å²) in [6, 6.07) is 4.08. The van der Waals surface area contributed by atoms with Crippen LogP contribution in [0.15, 0.2) is 23.1 Å². The fraction of sp³-hybridized carbons (Fsp3) is 0.600. The Morgan fingerprint density at radius 1 is 1.38 bits per heavy atom. The van der Waals surface area contributed by atoms with Gasteiger partial charge in [0.15, 0.2) is 0 Å². The smallest absolute Gasteiger partial charge is 0.243 e. The predicted octanol–water partition coefficient (Wildman–Crippen LogP) is 2.40. The molecule has 0 aromatic heterocycles. The first-order valence-electron chi connectivity index (χ1n) is 7.19. The Bertz CT molecular complexity index is 614. The Balaban J connectivity index is 2.21. The molecule has 118 valence electrons. The summed E-state index contributed by atoms with van der Waals surface area (Å²) < 4.78 is 41.4. The molecule has 0 spiro atoms. The number of sulfonamides is 1. The van der Waals surface area contributed by atoms with E-state index in [1.807, 2.05) is 0 Å². The molecule has 0 saturated heterocycles. The first-order valence-corrected chi connectivity index (χ1v) is 8.67. The summed E-state index contributed by atoms with van der Waals surface area (Å²) in [5.41, 5.74) is 0.880. The Hall–Kier alpha value is -0.980. The standard InChI is InChI=1S/C15H23FN2O2S/c1-15(2)7-6-12(9-15)18-21(19,20)14-8-11(10-17-3)4-5-13(14)16/h4-5,8,12,17-18H,6-7,9-10H2,1-3H3. The van der Waals surface area contributed by atoms with Crippen molar-refractivity contribution < 1.29 is 12.8 Å². The van der Waals surface area contributed by atoms with Crippen molar-refractivity contribution in [1.29, 1.82) is 0 Å². The van der Waals surface area contributed by atoms with Crippen LogP contribution in [0.3, 0.4) is 0 Å². The normalized spacial score (nSPS) is 21.6. The first kappa shape index (κ1) is 16.4. The fourth-order valence-electron chi connectivity index (χ4n) is 2.89. The first-order chi connectivity index (χ1) is 9.73. The van der Waals surface area contributed by atoms with E-state index in [4.69, 9.17) is 0 Å². The zero-order chi connectivity index (χ0) is 15.7. The summed E-state index contributed by atoms with van der Waals surface area (Å²) in [7, 11) is -2.06. The van der Waals surface area contributed by atoms with E-state index in [1.165, 1.54) is 12.1 Å². The van der Waals surface area contributed by atoms with Crippen LogP contribution in [0.5, 0.6) is 0 Å². The Morgan fingerprint density at radius 2 is 2.10 bits per heavy atom. The van der Waals surface area contributed by atoms with Crippen LogP contribution in [0.2, 0.25) is 0 Å². The van der Waals surface area contributed by atoms with E-state index in [1.54, 1.807) is 13.1 Å². The average Bonchev–Trinajstić information content (AvgIpc) is 2.70. The molecular formula is C15H23FN2O2S. The summed E-state index contributed by atoms with van der Waals surface area (Å²) in [5, 5.41) is 2.93. The van der Waals surface area contributed by atoms with Gasteiger partial charge in [0.05, 0.1) is 0 Å². The van der Waals surface area contributed by atoms with Gasteiger partial charge in [-0.3, -0.25) is 0 Å². The van der Waals surface area contributed by atoms with Crippen LogP contribution in [-0.2, 0) is 16.6 Å². The van der Waals surface area contributed by atoms with Gasteiger partial charge in [-0.15, -0.1) is 0 Å². The highest BCUT2D eigenvalue weighted by Crippen LogP contribution is 2.37. The molecule has 0 bridgehead atoms. The highest BCUT2D eigenvalue weighted by atomic mass is 32.2. The molecule has 21 heavy (non-hydrogen) atoms. The second-order valence-corrected chi connectivity index (χ2v) is 8.20. The monoisotopic (exact) mass is 314 g/mol. The predicted molar refractivity (Wildman–Crippen MR) is 80.9 cm³/mol. The molecule has 0 radical (unpaired) electrons. The number of benzene rings is 1. The molecule has 1 atom stereocenters.